The third-order valence-electron chi connectivity index (χ3n) is 3.62. The topological polar surface area (TPSA) is 74.3 Å². The first-order chi connectivity index (χ1) is 11.0. The number of fused-ring (bicyclic) bond motifs is 1. The third kappa shape index (κ3) is 3.75. The van der Waals surface area contributed by atoms with Crippen LogP contribution in [-0.2, 0) is 22.6 Å². The molecule has 2 amide bonds. The second-order valence-electron chi connectivity index (χ2n) is 5.65. The molecule has 0 aliphatic carbocycles. The molecule has 1 aromatic heterocycles. The van der Waals surface area contributed by atoms with Gasteiger partial charge in [-0.25, -0.2) is 4.98 Å². The van der Waals surface area contributed by atoms with E-state index >= 15 is 0 Å². The van der Waals surface area contributed by atoms with E-state index in [1.807, 2.05) is 25.1 Å². The van der Waals surface area contributed by atoms with Crippen molar-refractivity contribution in [2.45, 2.75) is 19.9 Å². The number of carbonyl (C=O) groups is 2. The van der Waals surface area contributed by atoms with Gasteiger partial charge in [0.05, 0.1) is 5.69 Å². The van der Waals surface area contributed by atoms with Gasteiger partial charge in [-0.15, -0.1) is 11.3 Å². The Morgan fingerprint density at radius 3 is 2.83 bits per heavy atom. The maximum atomic E-state index is 12.0. The lowest BCUT2D eigenvalue weighted by Gasteiger charge is -2.20. The molecule has 6 nitrogen and oxygen atoms in total. The molecule has 0 saturated carbocycles. The number of carbonyl (C=O) groups excluding carboxylic acids is 2. The van der Waals surface area contributed by atoms with E-state index in [1.165, 1.54) is 11.3 Å². The fraction of sp³-hybridized carbons (Fsp3) is 0.312. The molecule has 1 aromatic carbocycles. The van der Waals surface area contributed by atoms with Gasteiger partial charge >= 0.3 is 11.8 Å². The van der Waals surface area contributed by atoms with Gasteiger partial charge in [0.2, 0.25) is 0 Å². The molecule has 0 bridgehead atoms. The molecule has 2 aromatic rings. The highest BCUT2D eigenvalue weighted by molar-refractivity contribution is 7.16. The molecule has 7 heteroatoms. The normalized spacial score (nSPS) is 14.2. The van der Waals surface area contributed by atoms with Crippen molar-refractivity contribution in [2.75, 3.05) is 24.2 Å². The number of likely N-dealkylation sites (N-methyl/N-ethyl adjacent to an activating group) is 1. The molecule has 0 unspecified atom stereocenters. The number of amides is 2. The van der Waals surface area contributed by atoms with Crippen molar-refractivity contribution in [1.82, 2.24) is 9.88 Å². The number of aryl methyl sites for hydroxylation is 1. The van der Waals surface area contributed by atoms with Crippen LogP contribution in [0.1, 0.15) is 16.1 Å². The number of nitrogens with one attached hydrogen (secondary N) is 2. The Balaban J connectivity index is 1.64. The van der Waals surface area contributed by atoms with Gasteiger partial charge in [-0.2, -0.15) is 0 Å². The van der Waals surface area contributed by atoms with Crippen molar-refractivity contribution in [2.24, 2.45) is 0 Å². The number of rotatable bonds is 2. The molecular weight excluding hydrogens is 312 g/mol. The van der Waals surface area contributed by atoms with E-state index in [0.717, 1.165) is 35.6 Å². The molecule has 1 aliphatic heterocycles. The van der Waals surface area contributed by atoms with E-state index in [1.54, 1.807) is 6.07 Å². The van der Waals surface area contributed by atoms with Crippen LogP contribution in [0.5, 0.6) is 0 Å². The summed E-state index contributed by atoms with van der Waals surface area (Å²) in [6.07, 6.45) is 0.869. The zero-order chi connectivity index (χ0) is 16.4. The van der Waals surface area contributed by atoms with Crippen molar-refractivity contribution in [3.63, 3.8) is 0 Å². The number of aromatic nitrogens is 1. The van der Waals surface area contributed by atoms with Crippen LogP contribution in [0.2, 0.25) is 0 Å². The number of benzene rings is 1. The Labute approximate surface area is 138 Å². The maximum Gasteiger partial charge on any atom is 0.315 e. The van der Waals surface area contributed by atoms with Gasteiger partial charge in [-0.3, -0.25) is 14.9 Å². The van der Waals surface area contributed by atoms with Gasteiger partial charge in [-0.1, -0.05) is 12.1 Å². The minimum atomic E-state index is -0.703. The van der Waals surface area contributed by atoms with Gasteiger partial charge in [0, 0.05) is 30.1 Å². The van der Waals surface area contributed by atoms with Crippen LogP contribution in [0, 0.1) is 6.92 Å². The Kier molecular flexibility index (Phi) is 4.40. The molecule has 0 spiro atoms. The summed E-state index contributed by atoms with van der Waals surface area (Å²) in [5.74, 6) is -1.40. The Bertz CT molecular complexity index is 756. The van der Waals surface area contributed by atoms with Crippen molar-refractivity contribution >= 4 is 34.0 Å². The van der Waals surface area contributed by atoms with E-state index in [9.17, 15) is 9.59 Å². The molecule has 0 saturated heterocycles. The number of nitrogens with zero attached hydrogens (tertiary/aromatic N) is 2. The minimum absolute atomic E-state index is 0.481. The highest BCUT2D eigenvalue weighted by atomic mass is 32.1. The lowest BCUT2D eigenvalue weighted by atomic mass is 10.2. The summed E-state index contributed by atoms with van der Waals surface area (Å²) in [4.78, 5) is 31.7. The number of hydrogen-bond donors (Lipinski definition) is 2. The number of anilines is 2. The Morgan fingerprint density at radius 2 is 2.04 bits per heavy atom. The summed E-state index contributed by atoms with van der Waals surface area (Å²) in [5.41, 5.74) is 2.63. The van der Waals surface area contributed by atoms with Crippen molar-refractivity contribution < 1.29 is 9.59 Å². The highest BCUT2D eigenvalue weighted by Gasteiger charge is 2.21. The van der Waals surface area contributed by atoms with Gasteiger partial charge in [-0.05, 0) is 31.7 Å². The molecule has 2 heterocycles. The van der Waals surface area contributed by atoms with E-state index < -0.39 is 11.8 Å². The zero-order valence-electron chi connectivity index (χ0n) is 13.0. The summed E-state index contributed by atoms with van der Waals surface area (Å²) < 4.78 is 0. The highest BCUT2D eigenvalue weighted by Crippen LogP contribution is 2.27. The summed E-state index contributed by atoms with van der Waals surface area (Å²) in [6.45, 7) is 3.71. The average molecular weight is 330 g/mol. The molecule has 2 N–H and O–H groups in total. The van der Waals surface area contributed by atoms with Crippen LogP contribution >= 0.6 is 11.3 Å². The first kappa shape index (κ1) is 15.6. The van der Waals surface area contributed by atoms with Crippen LogP contribution in [0.15, 0.2) is 24.3 Å². The minimum Gasteiger partial charge on any atom is -0.318 e. The predicted octanol–water partition coefficient (Wildman–Crippen LogP) is 2.02. The Morgan fingerprint density at radius 1 is 1.26 bits per heavy atom. The van der Waals surface area contributed by atoms with Gasteiger partial charge in [0.25, 0.3) is 0 Å². The SMILES string of the molecule is Cc1cccc(NC(=O)C(=O)Nc2nc3c(s2)CN(C)CC3)c1. The maximum absolute atomic E-state index is 12.0. The lowest BCUT2D eigenvalue weighted by molar-refractivity contribution is -0.132. The van der Waals surface area contributed by atoms with E-state index in [2.05, 4.69) is 27.6 Å². The van der Waals surface area contributed by atoms with Crippen LogP contribution < -0.4 is 10.6 Å². The lowest BCUT2D eigenvalue weighted by Crippen LogP contribution is -2.29. The number of hydrogen-bond acceptors (Lipinski definition) is 5. The van der Waals surface area contributed by atoms with E-state index in [0.29, 0.717) is 10.8 Å². The summed E-state index contributed by atoms with van der Waals surface area (Å²) in [7, 11) is 2.05. The second-order valence-corrected chi connectivity index (χ2v) is 6.74. The largest absolute Gasteiger partial charge is 0.318 e. The molecule has 1 aliphatic rings. The van der Waals surface area contributed by atoms with E-state index in [4.69, 9.17) is 0 Å². The molecular formula is C16H18N4O2S. The van der Waals surface area contributed by atoms with Crippen LogP contribution in [-0.4, -0.2) is 35.3 Å². The summed E-state index contributed by atoms with van der Waals surface area (Å²) in [6, 6.07) is 7.31. The summed E-state index contributed by atoms with van der Waals surface area (Å²) >= 11 is 1.43. The smallest absolute Gasteiger partial charge is 0.315 e. The van der Waals surface area contributed by atoms with Crippen LogP contribution in [0.25, 0.3) is 0 Å². The first-order valence-corrected chi connectivity index (χ1v) is 8.19. The Hall–Kier alpha value is -2.25. The van der Waals surface area contributed by atoms with Gasteiger partial charge in [0.15, 0.2) is 5.13 Å². The molecule has 0 fully saturated rings. The fourth-order valence-electron chi connectivity index (χ4n) is 2.44. The quantitative estimate of drug-likeness (QED) is 0.826. The standard InChI is InChI=1S/C16H18N4O2S/c1-10-4-3-5-11(8-10)17-14(21)15(22)19-16-18-12-6-7-20(2)9-13(12)23-16/h3-5,8H,6-7,9H2,1-2H3,(H,17,21)(H,18,19,22). The molecule has 3 rings (SSSR count). The molecule has 120 valence electrons. The fourth-order valence-corrected chi connectivity index (χ4v) is 3.52. The zero-order valence-corrected chi connectivity index (χ0v) is 13.9. The van der Waals surface area contributed by atoms with E-state index in [-0.39, 0.29) is 0 Å². The van der Waals surface area contributed by atoms with Crippen molar-refractivity contribution in [1.29, 1.82) is 0 Å². The predicted molar refractivity (Wildman–Crippen MR) is 90.6 cm³/mol. The van der Waals surface area contributed by atoms with Crippen LogP contribution in [0.3, 0.4) is 0 Å². The van der Waals surface area contributed by atoms with Crippen molar-refractivity contribution in [3.05, 3.63) is 40.4 Å². The van der Waals surface area contributed by atoms with Crippen molar-refractivity contribution in [3.8, 4) is 0 Å². The first-order valence-electron chi connectivity index (χ1n) is 7.37. The number of thiazole rings is 1. The average Bonchev–Trinajstić information content (AvgIpc) is 2.88. The van der Waals surface area contributed by atoms with Gasteiger partial charge < -0.3 is 10.2 Å². The van der Waals surface area contributed by atoms with Gasteiger partial charge in [0.1, 0.15) is 0 Å². The van der Waals surface area contributed by atoms with Crippen LogP contribution in [0.4, 0.5) is 10.8 Å². The monoisotopic (exact) mass is 330 g/mol. The summed E-state index contributed by atoms with van der Waals surface area (Å²) in [5, 5.41) is 5.66. The second kappa shape index (κ2) is 6.47. The molecule has 0 atom stereocenters. The molecule has 23 heavy (non-hydrogen) atoms. The third-order valence-corrected chi connectivity index (χ3v) is 4.62. The molecule has 0 radical (unpaired) electrons.